The molecule has 2 bridgehead atoms. The van der Waals surface area contributed by atoms with Crippen LogP contribution in [0.2, 0.25) is 0 Å². The van der Waals surface area contributed by atoms with Crippen molar-refractivity contribution in [3.63, 3.8) is 0 Å². The Bertz CT molecular complexity index is 476. The number of nitrogens with zero attached hydrogens (tertiary/aromatic N) is 2. The minimum Gasteiger partial charge on any atom is -0.373 e. The van der Waals surface area contributed by atoms with Gasteiger partial charge in [0.2, 0.25) is 0 Å². The van der Waals surface area contributed by atoms with Crippen molar-refractivity contribution >= 4 is 5.82 Å². The summed E-state index contributed by atoms with van der Waals surface area (Å²) in [6.45, 7) is 0. The highest BCUT2D eigenvalue weighted by atomic mass is 16.5. The third kappa shape index (κ3) is 2.12. The third-order valence-corrected chi connectivity index (χ3v) is 4.80. The van der Waals surface area contributed by atoms with Crippen LogP contribution in [0.25, 0.3) is 0 Å². The Kier molecular flexibility index (Phi) is 2.91. The second kappa shape index (κ2) is 4.75. The van der Waals surface area contributed by atoms with Crippen LogP contribution in [0.1, 0.15) is 49.8 Å². The van der Waals surface area contributed by atoms with Gasteiger partial charge in [-0.25, -0.2) is 9.97 Å². The van der Waals surface area contributed by atoms with Crippen LogP contribution in [0, 0.1) is 0 Å². The van der Waals surface area contributed by atoms with E-state index in [1.165, 1.54) is 43.4 Å². The Morgan fingerprint density at radius 1 is 1.11 bits per heavy atom. The van der Waals surface area contributed by atoms with Gasteiger partial charge in [-0.05, 0) is 44.9 Å². The topological polar surface area (TPSA) is 47.0 Å². The van der Waals surface area contributed by atoms with Gasteiger partial charge < -0.3 is 10.1 Å². The normalized spacial score (nSPS) is 32.9. The molecular weight excluding hydrogens is 238 g/mol. The Morgan fingerprint density at radius 2 is 2.05 bits per heavy atom. The molecule has 102 valence electrons. The molecule has 3 heterocycles. The number of ether oxygens (including phenoxy) is 1. The van der Waals surface area contributed by atoms with Gasteiger partial charge in [0.15, 0.2) is 0 Å². The molecule has 0 radical (unpaired) electrons. The lowest BCUT2D eigenvalue weighted by atomic mass is 9.95. The summed E-state index contributed by atoms with van der Waals surface area (Å²) in [4.78, 5) is 8.98. The fourth-order valence-corrected chi connectivity index (χ4v) is 3.79. The standard InChI is InChI=1S/C15H21N3O/c1-2-4-11-12(5-3-1)16-9-17-15(11)18-13-8-10-6-7-14(13)19-10/h9-10,13-14H,1-8H2,(H,16,17,18). The van der Waals surface area contributed by atoms with Crippen molar-refractivity contribution in [2.45, 2.75) is 69.6 Å². The van der Waals surface area contributed by atoms with Gasteiger partial charge in [0, 0.05) is 11.3 Å². The molecule has 0 saturated carbocycles. The first-order chi connectivity index (χ1) is 9.40. The van der Waals surface area contributed by atoms with Crippen LogP contribution < -0.4 is 5.32 Å². The molecule has 3 atom stereocenters. The summed E-state index contributed by atoms with van der Waals surface area (Å²) < 4.78 is 5.92. The third-order valence-electron chi connectivity index (χ3n) is 4.80. The molecule has 0 aromatic carbocycles. The minimum atomic E-state index is 0.404. The second-order valence-corrected chi connectivity index (χ2v) is 6.07. The Labute approximate surface area is 114 Å². The number of nitrogens with one attached hydrogen (secondary N) is 1. The monoisotopic (exact) mass is 259 g/mol. The zero-order chi connectivity index (χ0) is 12.7. The van der Waals surface area contributed by atoms with Gasteiger partial charge in [-0.1, -0.05) is 6.42 Å². The SMILES string of the molecule is c1nc2c(c(NC3CC4CCC3O4)n1)CCCCC2. The first-order valence-corrected chi connectivity index (χ1v) is 7.65. The van der Waals surface area contributed by atoms with Gasteiger partial charge in [0.05, 0.1) is 18.2 Å². The van der Waals surface area contributed by atoms with Gasteiger partial charge >= 0.3 is 0 Å². The zero-order valence-corrected chi connectivity index (χ0v) is 11.3. The molecule has 0 amide bonds. The average Bonchev–Trinajstić information content (AvgIpc) is 2.94. The first-order valence-electron chi connectivity index (χ1n) is 7.65. The number of aryl methyl sites for hydroxylation is 1. The van der Waals surface area contributed by atoms with Crippen LogP contribution >= 0.6 is 0 Å². The molecule has 4 rings (SSSR count). The van der Waals surface area contributed by atoms with E-state index in [1.54, 1.807) is 6.33 Å². The van der Waals surface area contributed by atoms with Crippen molar-refractivity contribution < 1.29 is 4.74 Å². The zero-order valence-electron chi connectivity index (χ0n) is 11.3. The Morgan fingerprint density at radius 3 is 2.89 bits per heavy atom. The van der Waals surface area contributed by atoms with Gasteiger partial charge in [-0.2, -0.15) is 0 Å². The summed E-state index contributed by atoms with van der Waals surface area (Å²) in [5, 5.41) is 3.65. The van der Waals surface area contributed by atoms with E-state index < -0.39 is 0 Å². The van der Waals surface area contributed by atoms with E-state index in [9.17, 15) is 0 Å². The minimum absolute atomic E-state index is 0.404. The van der Waals surface area contributed by atoms with E-state index >= 15 is 0 Å². The lowest BCUT2D eigenvalue weighted by Gasteiger charge is -2.22. The molecule has 2 fully saturated rings. The molecule has 1 N–H and O–H groups in total. The van der Waals surface area contributed by atoms with Crippen LogP contribution in [-0.2, 0) is 17.6 Å². The van der Waals surface area contributed by atoms with Crippen LogP contribution in [0.15, 0.2) is 6.33 Å². The predicted molar refractivity (Wildman–Crippen MR) is 73.2 cm³/mol. The lowest BCUT2D eigenvalue weighted by Crippen LogP contribution is -2.31. The first kappa shape index (κ1) is 11.6. The van der Waals surface area contributed by atoms with E-state index in [-0.39, 0.29) is 0 Å². The highest BCUT2D eigenvalue weighted by Crippen LogP contribution is 2.36. The van der Waals surface area contributed by atoms with Crippen molar-refractivity contribution in [1.82, 2.24) is 9.97 Å². The number of hydrogen-bond donors (Lipinski definition) is 1. The molecule has 0 spiro atoms. The molecule has 3 aliphatic rings. The number of anilines is 1. The summed E-state index contributed by atoms with van der Waals surface area (Å²) in [7, 11) is 0. The quantitative estimate of drug-likeness (QED) is 0.829. The predicted octanol–water partition coefficient (Wildman–Crippen LogP) is 2.48. The molecule has 4 nitrogen and oxygen atoms in total. The molecule has 1 aromatic rings. The summed E-state index contributed by atoms with van der Waals surface area (Å²) >= 11 is 0. The van der Waals surface area contributed by atoms with Crippen LogP contribution in [0.5, 0.6) is 0 Å². The Hall–Kier alpha value is -1.16. The average molecular weight is 259 g/mol. The summed E-state index contributed by atoms with van der Waals surface area (Å²) in [6, 6.07) is 0.459. The van der Waals surface area contributed by atoms with E-state index in [0.717, 1.165) is 25.1 Å². The fourth-order valence-electron chi connectivity index (χ4n) is 3.79. The van der Waals surface area contributed by atoms with Crippen LogP contribution in [-0.4, -0.2) is 28.2 Å². The molecule has 1 aromatic heterocycles. The summed E-state index contributed by atoms with van der Waals surface area (Å²) in [5.74, 6) is 1.08. The fraction of sp³-hybridized carbons (Fsp3) is 0.733. The van der Waals surface area contributed by atoms with Crippen molar-refractivity contribution in [2.24, 2.45) is 0 Å². The maximum Gasteiger partial charge on any atom is 0.133 e. The van der Waals surface area contributed by atoms with Gasteiger partial charge in [-0.15, -0.1) is 0 Å². The van der Waals surface area contributed by atoms with Crippen LogP contribution in [0.4, 0.5) is 5.82 Å². The van der Waals surface area contributed by atoms with Crippen molar-refractivity contribution in [2.75, 3.05) is 5.32 Å². The molecule has 1 aliphatic carbocycles. The smallest absolute Gasteiger partial charge is 0.133 e. The number of hydrogen-bond acceptors (Lipinski definition) is 4. The number of fused-ring (bicyclic) bond motifs is 3. The summed E-state index contributed by atoms with van der Waals surface area (Å²) in [6.07, 6.45) is 12.3. The molecule has 3 unspecified atom stereocenters. The maximum atomic E-state index is 5.92. The largest absolute Gasteiger partial charge is 0.373 e. The highest BCUT2D eigenvalue weighted by Gasteiger charge is 2.41. The van der Waals surface area contributed by atoms with Gasteiger partial charge in [0.25, 0.3) is 0 Å². The van der Waals surface area contributed by atoms with Gasteiger partial charge in [0.1, 0.15) is 12.1 Å². The van der Waals surface area contributed by atoms with E-state index in [4.69, 9.17) is 4.74 Å². The highest BCUT2D eigenvalue weighted by molar-refractivity contribution is 5.47. The summed E-state index contributed by atoms with van der Waals surface area (Å²) in [5.41, 5.74) is 2.63. The van der Waals surface area contributed by atoms with E-state index in [2.05, 4.69) is 15.3 Å². The van der Waals surface area contributed by atoms with Crippen molar-refractivity contribution in [3.8, 4) is 0 Å². The van der Waals surface area contributed by atoms with E-state index in [0.29, 0.717) is 18.2 Å². The van der Waals surface area contributed by atoms with Crippen molar-refractivity contribution in [3.05, 3.63) is 17.6 Å². The molecule has 4 heteroatoms. The second-order valence-electron chi connectivity index (χ2n) is 6.07. The maximum absolute atomic E-state index is 5.92. The van der Waals surface area contributed by atoms with Gasteiger partial charge in [-0.3, -0.25) is 0 Å². The van der Waals surface area contributed by atoms with Crippen molar-refractivity contribution in [1.29, 1.82) is 0 Å². The Balaban J connectivity index is 1.57. The number of rotatable bonds is 2. The van der Waals surface area contributed by atoms with E-state index in [1.807, 2.05) is 0 Å². The number of aromatic nitrogens is 2. The molecule has 2 aliphatic heterocycles. The van der Waals surface area contributed by atoms with Crippen LogP contribution in [0.3, 0.4) is 0 Å². The molecule has 19 heavy (non-hydrogen) atoms. The molecular formula is C15H21N3O. The molecule has 2 saturated heterocycles. The lowest BCUT2D eigenvalue weighted by molar-refractivity contribution is 0.102.